The highest BCUT2D eigenvalue weighted by Gasteiger charge is 2.32. The molecule has 7 nitrogen and oxygen atoms in total. The number of allylic oxidation sites excluding steroid dienone is 4. The van der Waals surface area contributed by atoms with Crippen LogP contribution in [0.5, 0.6) is 0 Å². The number of anilines is 1. The average Bonchev–Trinajstić information content (AvgIpc) is 3.50. The zero-order valence-electron chi connectivity index (χ0n) is 20.4. The minimum absolute atomic E-state index is 0.0157. The molecule has 1 aliphatic carbocycles. The lowest BCUT2D eigenvalue weighted by Crippen LogP contribution is -2.12. The summed E-state index contributed by atoms with van der Waals surface area (Å²) >= 11 is 6.40. The fourth-order valence-electron chi connectivity index (χ4n) is 4.40. The Labute approximate surface area is 230 Å². The first-order valence-electron chi connectivity index (χ1n) is 11.4. The largest absolute Gasteiger partial charge is 0.416 e. The molecular weight excluding hydrogens is 570 g/mol. The number of thiocarbonyl (C=S) groups is 1. The first-order chi connectivity index (χ1) is 18.3. The van der Waals surface area contributed by atoms with Gasteiger partial charge in [0.05, 0.1) is 10.5 Å². The number of hydrogen-bond acceptors (Lipinski definition) is 7. The van der Waals surface area contributed by atoms with Crippen molar-refractivity contribution in [3.8, 4) is 11.1 Å². The summed E-state index contributed by atoms with van der Waals surface area (Å²) in [6, 6.07) is 7.92. The fraction of sp³-hybridized carbons (Fsp3) is 0.154. The predicted molar refractivity (Wildman–Crippen MR) is 148 cm³/mol. The van der Waals surface area contributed by atoms with Gasteiger partial charge in [0, 0.05) is 58.1 Å². The molecule has 0 amide bonds. The number of hydrogen-bond donors (Lipinski definition) is 1. The van der Waals surface area contributed by atoms with Crippen molar-refractivity contribution >= 4 is 66.0 Å². The Morgan fingerprint density at radius 3 is 2.56 bits per heavy atom. The van der Waals surface area contributed by atoms with Crippen molar-refractivity contribution in [1.29, 1.82) is 0 Å². The number of fused-ring (bicyclic) bond motifs is 1. The van der Waals surface area contributed by atoms with Crippen LogP contribution in [0.4, 0.5) is 18.3 Å². The van der Waals surface area contributed by atoms with E-state index in [1.54, 1.807) is 30.0 Å². The first kappa shape index (κ1) is 26.9. The molecule has 0 fully saturated rings. The molecule has 2 aromatic carbocycles. The summed E-state index contributed by atoms with van der Waals surface area (Å²) in [5, 5.41) is 0.741. The molecule has 4 aromatic rings. The van der Waals surface area contributed by atoms with Gasteiger partial charge < -0.3 is 4.57 Å². The van der Waals surface area contributed by atoms with Gasteiger partial charge in [0.15, 0.2) is 5.78 Å². The van der Waals surface area contributed by atoms with Gasteiger partial charge >= 0.3 is 6.18 Å². The van der Waals surface area contributed by atoms with E-state index in [9.17, 15) is 26.4 Å². The molecule has 1 N–H and O–H groups in total. The summed E-state index contributed by atoms with van der Waals surface area (Å²) in [7, 11) is -2.25. The number of benzene rings is 2. The van der Waals surface area contributed by atoms with Crippen LogP contribution in [-0.2, 0) is 28.0 Å². The molecule has 0 saturated heterocycles. The molecule has 13 heteroatoms. The van der Waals surface area contributed by atoms with E-state index >= 15 is 0 Å². The summed E-state index contributed by atoms with van der Waals surface area (Å²) < 4.78 is 74.8. The molecule has 200 valence electrons. The molecule has 2 heterocycles. The van der Waals surface area contributed by atoms with Crippen molar-refractivity contribution in [2.24, 2.45) is 7.05 Å². The third-order valence-electron chi connectivity index (χ3n) is 6.30. The van der Waals surface area contributed by atoms with Crippen molar-refractivity contribution in [2.45, 2.75) is 24.4 Å². The number of carbonyl (C=O) groups is 1. The quantitative estimate of drug-likeness (QED) is 0.270. The first-order valence-corrected chi connectivity index (χ1v) is 14.1. The van der Waals surface area contributed by atoms with Gasteiger partial charge in [-0.1, -0.05) is 30.4 Å². The number of alkyl halides is 3. The predicted octanol–water partition coefficient (Wildman–Crippen LogP) is 6.19. The standard InChI is InChI=1S/C26H19F3N4O3S3/c1-14(34)15-3-8-24(37)21(9-15)20-10-16(26(27,28)29)4-6-18(20)22-12-33(2)23-11-17(5-7-19(22)23)39(35,36)32-25-30-13-31-38-25/h3-7,9-13H,8H2,1-2H3,(H,30,31,32). The minimum Gasteiger partial charge on any atom is -0.350 e. The number of Topliss-reactive ketones (excluding diaryl/α,β-unsaturated/α-hetero) is 1. The van der Waals surface area contributed by atoms with Crippen LogP contribution in [0.1, 0.15) is 24.5 Å². The summed E-state index contributed by atoms with van der Waals surface area (Å²) in [5.74, 6) is -0.218. The minimum atomic E-state index is -4.59. The number of aromatic nitrogens is 3. The Balaban J connectivity index is 1.68. The second-order valence-electron chi connectivity index (χ2n) is 8.84. The highest BCUT2D eigenvalue weighted by molar-refractivity contribution is 7.93. The zero-order chi connectivity index (χ0) is 28.1. The van der Waals surface area contributed by atoms with E-state index in [0.717, 1.165) is 23.7 Å². The molecule has 0 saturated carbocycles. The summed E-state index contributed by atoms with van der Waals surface area (Å²) in [4.78, 5) is 16.3. The van der Waals surface area contributed by atoms with Crippen LogP contribution in [0.3, 0.4) is 0 Å². The van der Waals surface area contributed by atoms with Crippen LogP contribution in [0.15, 0.2) is 71.5 Å². The van der Waals surface area contributed by atoms with E-state index in [2.05, 4.69) is 14.1 Å². The maximum Gasteiger partial charge on any atom is 0.416 e. The normalized spacial score (nSPS) is 14.3. The van der Waals surface area contributed by atoms with Gasteiger partial charge in [-0.25, -0.2) is 13.4 Å². The lowest BCUT2D eigenvalue weighted by molar-refractivity contribution is -0.137. The average molecular weight is 589 g/mol. The number of sulfonamides is 1. The monoisotopic (exact) mass is 588 g/mol. The van der Waals surface area contributed by atoms with Crippen molar-refractivity contribution in [2.75, 3.05) is 4.72 Å². The molecule has 5 rings (SSSR count). The maximum atomic E-state index is 13.7. The van der Waals surface area contributed by atoms with E-state index in [0.29, 0.717) is 38.0 Å². The van der Waals surface area contributed by atoms with Gasteiger partial charge in [-0.3, -0.25) is 9.52 Å². The third kappa shape index (κ3) is 5.16. The van der Waals surface area contributed by atoms with Gasteiger partial charge in [0.1, 0.15) is 6.33 Å². The summed E-state index contributed by atoms with van der Waals surface area (Å²) in [6.45, 7) is 1.39. The second-order valence-corrected chi connectivity index (χ2v) is 11.8. The smallest absolute Gasteiger partial charge is 0.350 e. The van der Waals surface area contributed by atoms with Crippen molar-refractivity contribution in [3.63, 3.8) is 0 Å². The number of halogens is 3. The van der Waals surface area contributed by atoms with Gasteiger partial charge in [0.2, 0.25) is 5.13 Å². The number of carbonyl (C=O) groups excluding carboxylic acids is 1. The van der Waals surface area contributed by atoms with Gasteiger partial charge in [-0.05, 0) is 54.0 Å². The highest BCUT2D eigenvalue weighted by atomic mass is 32.2. The molecule has 0 atom stereocenters. The lowest BCUT2D eigenvalue weighted by Gasteiger charge is -2.19. The summed E-state index contributed by atoms with van der Waals surface area (Å²) in [5.41, 5.74) is 1.73. The molecule has 0 radical (unpaired) electrons. The van der Waals surface area contributed by atoms with Crippen molar-refractivity contribution in [3.05, 3.63) is 77.8 Å². The molecular formula is C26H19F3N4O3S3. The molecule has 0 aliphatic heterocycles. The van der Waals surface area contributed by atoms with E-state index < -0.39 is 21.8 Å². The van der Waals surface area contributed by atoms with Crippen LogP contribution >= 0.6 is 23.8 Å². The highest BCUT2D eigenvalue weighted by Crippen LogP contribution is 2.41. The molecule has 0 bridgehead atoms. The van der Waals surface area contributed by atoms with E-state index in [1.165, 1.54) is 37.5 Å². The Bertz CT molecular complexity index is 1820. The van der Waals surface area contributed by atoms with Crippen molar-refractivity contribution < 1.29 is 26.4 Å². The number of ketones is 1. The second kappa shape index (κ2) is 9.81. The van der Waals surface area contributed by atoms with Gasteiger partial charge in [-0.2, -0.15) is 17.5 Å². The number of nitrogens with one attached hydrogen (secondary N) is 1. The SMILES string of the molecule is CC(=O)C1=CCC(=S)C(c2cc(C(F)(F)F)ccc2-c2cn(C)c3cc(S(=O)(=O)Nc4ncns4)ccc23)=C1. The Kier molecular flexibility index (Phi) is 6.77. The number of aryl methyl sites for hydroxylation is 1. The van der Waals surface area contributed by atoms with Crippen LogP contribution in [-0.4, -0.2) is 33.0 Å². The molecule has 0 unspecified atom stereocenters. The summed E-state index contributed by atoms with van der Waals surface area (Å²) in [6.07, 6.45) is 1.81. The Morgan fingerprint density at radius 2 is 1.90 bits per heavy atom. The van der Waals surface area contributed by atoms with Gasteiger partial charge in [0.25, 0.3) is 10.0 Å². The van der Waals surface area contributed by atoms with Gasteiger partial charge in [-0.15, -0.1) is 0 Å². The Hall–Kier alpha value is -3.68. The fourth-order valence-corrected chi connectivity index (χ4v) is 6.33. The van der Waals surface area contributed by atoms with Crippen LogP contribution in [0, 0.1) is 0 Å². The van der Waals surface area contributed by atoms with E-state index in [4.69, 9.17) is 12.2 Å². The lowest BCUT2D eigenvalue weighted by atomic mass is 9.86. The Morgan fingerprint density at radius 1 is 1.13 bits per heavy atom. The third-order valence-corrected chi connectivity index (χ3v) is 8.73. The van der Waals surface area contributed by atoms with Crippen molar-refractivity contribution in [1.82, 2.24) is 13.9 Å². The van der Waals surface area contributed by atoms with Crippen LogP contribution in [0.2, 0.25) is 0 Å². The molecule has 0 spiro atoms. The molecule has 39 heavy (non-hydrogen) atoms. The number of nitrogens with zero attached hydrogens (tertiary/aromatic N) is 3. The number of rotatable bonds is 6. The zero-order valence-corrected chi connectivity index (χ0v) is 22.9. The topological polar surface area (TPSA) is 94.0 Å². The molecule has 1 aliphatic rings. The molecule has 2 aromatic heterocycles. The van der Waals surface area contributed by atoms with E-state index in [1.807, 2.05) is 0 Å². The maximum absolute atomic E-state index is 13.7. The van der Waals surface area contributed by atoms with Crippen LogP contribution < -0.4 is 4.72 Å². The van der Waals surface area contributed by atoms with Crippen LogP contribution in [0.25, 0.3) is 27.6 Å². The van der Waals surface area contributed by atoms with E-state index in [-0.39, 0.29) is 27.8 Å².